The molecule has 21 heavy (non-hydrogen) atoms. The highest BCUT2D eigenvalue weighted by atomic mass is 16.4. The Kier molecular flexibility index (Phi) is 5.92. The molecule has 0 heterocycles. The zero-order chi connectivity index (χ0) is 15.9. The number of amides is 1. The molecule has 0 aliphatic heterocycles. The van der Waals surface area contributed by atoms with E-state index in [0.717, 1.165) is 0 Å². The predicted octanol–water partition coefficient (Wildman–Crippen LogP) is 2.57. The smallest absolute Gasteiger partial charge is 0.303 e. The summed E-state index contributed by atoms with van der Waals surface area (Å²) in [5.41, 5.74) is 0.766. The van der Waals surface area contributed by atoms with Gasteiger partial charge < -0.3 is 10.4 Å². The highest BCUT2D eigenvalue weighted by molar-refractivity contribution is 5.94. The molecule has 0 spiro atoms. The maximum absolute atomic E-state index is 12.0. The van der Waals surface area contributed by atoms with Crippen LogP contribution < -0.4 is 5.32 Å². The zero-order valence-electron chi connectivity index (χ0n) is 12.3. The predicted molar refractivity (Wildman–Crippen MR) is 78.8 cm³/mol. The maximum atomic E-state index is 12.0. The molecule has 112 valence electrons. The standard InChI is InChI=1S/C16H20N2O3/c1-16(2,7-6-14(19)20)8-9-18-15(21)13-5-3-4-12(10-13)11-17/h3-5,10H,6-9H2,1-2H3,(H,18,21)(H,19,20). The molecule has 0 radical (unpaired) electrons. The van der Waals surface area contributed by atoms with Gasteiger partial charge in [0.1, 0.15) is 0 Å². The SMILES string of the molecule is CC(C)(CCNC(=O)c1cccc(C#N)c1)CCC(=O)O. The second-order valence-corrected chi connectivity index (χ2v) is 5.76. The minimum Gasteiger partial charge on any atom is -0.481 e. The third-order valence-corrected chi connectivity index (χ3v) is 3.36. The van der Waals surface area contributed by atoms with Gasteiger partial charge in [0.2, 0.25) is 0 Å². The number of carboxylic acid groups (broad SMARTS) is 1. The van der Waals surface area contributed by atoms with E-state index < -0.39 is 5.97 Å². The summed E-state index contributed by atoms with van der Waals surface area (Å²) in [6.45, 7) is 4.44. The second-order valence-electron chi connectivity index (χ2n) is 5.76. The molecular weight excluding hydrogens is 268 g/mol. The zero-order valence-corrected chi connectivity index (χ0v) is 12.3. The molecule has 0 atom stereocenters. The summed E-state index contributed by atoms with van der Waals surface area (Å²) >= 11 is 0. The Hall–Kier alpha value is -2.35. The van der Waals surface area contributed by atoms with Gasteiger partial charge in [-0.15, -0.1) is 0 Å². The number of hydrogen-bond acceptors (Lipinski definition) is 3. The molecule has 1 amide bonds. The van der Waals surface area contributed by atoms with Crippen LogP contribution in [0.3, 0.4) is 0 Å². The minimum absolute atomic E-state index is 0.130. The van der Waals surface area contributed by atoms with Crippen LogP contribution in [-0.2, 0) is 4.79 Å². The lowest BCUT2D eigenvalue weighted by atomic mass is 9.84. The fraction of sp³-hybridized carbons (Fsp3) is 0.438. The van der Waals surface area contributed by atoms with Crippen molar-refractivity contribution in [3.05, 3.63) is 35.4 Å². The second kappa shape index (κ2) is 7.44. The largest absolute Gasteiger partial charge is 0.481 e. The van der Waals surface area contributed by atoms with Gasteiger partial charge in [-0.05, 0) is 36.5 Å². The summed E-state index contributed by atoms with van der Waals surface area (Å²) in [5.74, 6) is -1.03. The summed E-state index contributed by atoms with van der Waals surface area (Å²) in [7, 11) is 0. The molecule has 1 aromatic rings. The van der Waals surface area contributed by atoms with Gasteiger partial charge in [-0.2, -0.15) is 5.26 Å². The fourth-order valence-electron chi connectivity index (χ4n) is 1.92. The molecule has 1 rings (SSSR count). The first-order chi connectivity index (χ1) is 9.84. The number of nitrogens with one attached hydrogen (secondary N) is 1. The minimum atomic E-state index is -0.805. The van der Waals surface area contributed by atoms with Crippen molar-refractivity contribution >= 4 is 11.9 Å². The number of nitriles is 1. The molecule has 2 N–H and O–H groups in total. The molecule has 0 unspecified atom stereocenters. The van der Waals surface area contributed by atoms with Gasteiger partial charge in [0.25, 0.3) is 5.91 Å². The number of hydrogen-bond donors (Lipinski definition) is 2. The average Bonchev–Trinajstić information content (AvgIpc) is 2.45. The number of carbonyl (C=O) groups excluding carboxylic acids is 1. The van der Waals surface area contributed by atoms with E-state index in [-0.39, 0.29) is 17.7 Å². The monoisotopic (exact) mass is 288 g/mol. The Morgan fingerprint density at radius 1 is 1.33 bits per heavy atom. The van der Waals surface area contributed by atoms with Crippen LogP contribution in [0.1, 0.15) is 49.0 Å². The van der Waals surface area contributed by atoms with E-state index in [1.165, 1.54) is 0 Å². The summed E-state index contributed by atoms with van der Waals surface area (Å²) < 4.78 is 0. The van der Waals surface area contributed by atoms with Crippen LogP contribution in [0.15, 0.2) is 24.3 Å². The van der Waals surface area contributed by atoms with Crippen molar-refractivity contribution in [2.75, 3.05) is 6.54 Å². The van der Waals surface area contributed by atoms with Crippen molar-refractivity contribution in [1.82, 2.24) is 5.32 Å². The van der Waals surface area contributed by atoms with Gasteiger partial charge in [-0.25, -0.2) is 0 Å². The third-order valence-electron chi connectivity index (χ3n) is 3.36. The van der Waals surface area contributed by atoms with Gasteiger partial charge >= 0.3 is 5.97 Å². The van der Waals surface area contributed by atoms with Gasteiger partial charge in [0.05, 0.1) is 11.6 Å². The van der Waals surface area contributed by atoms with Gasteiger partial charge in [-0.3, -0.25) is 9.59 Å². The molecule has 0 aliphatic carbocycles. The normalized spacial score (nSPS) is 10.7. The van der Waals surface area contributed by atoms with E-state index in [4.69, 9.17) is 10.4 Å². The lowest BCUT2D eigenvalue weighted by Gasteiger charge is -2.23. The van der Waals surface area contributed by atoms with Crippen molar-refractivity contribution in [1.29, 1.82) is 5.26 Å². The van der Waals surface area contributed by atoms with Crippen molar-refractivity contribution in [2.24, 2.45) is 5.41 Å². The van der Waals surface area contributed by atoms with Crippen molar-refractivity contribution in [2.45, 2.75) is 33.1 Å². The van der Waals surface area contributed by atoms with E-state index in [9.17, 15) is 9.59 Å². The van der Waals surface area contributed by atoms with Crippen LogP contribution in [-0.4, -0.2) is 23.5 Å². The van der Waals surface area contributed by atoms with Gasteiger partial charge in [0, 0.05) is 18.5 Å². The Bertz CT molecular complexity index is 559. The highest BCUT2D eigenvalue weighted by Crippen LogP contribution is 2.26. The van der Waals surface area contributed by atoms with Gasteiger partial charge in [0.15, 0.2) is 0 Å². The lowest BCUT2D eigenvalue weighted by molar-refractivity contribution is -0.137. The topological polar surface area (TPSA) is 90.2 Å². The number of rotatable bonds is 7. The molecule has 5 nitrogen and oxygen atoms in total. The molecule has 5 heteroatoms. The van der Waals surface area contributed by atoms with Crippen molar-refractivity contribution < 1.29 is 14.7 Å². The first kappa shape index (κ1) is 16.7. The van der Waals surface area contributed by atoms with Crippen molar-refractivity contribution in [3.63, 3.8) is 0 Å². The number of carbonyl (C=O) groups is 2. The van der Waals surface area contributed by atoms with Crippen molar-refractivity contribution in [3.8, 4) is 6.07 Å². The van der Waals surface area contributed by atoms with E-state index in [2.05, 4.69) is 5.32 Å². The summed E-state index contributed by atoms with van der Waals surface area (Å²) in [6.07, 6.45) is 1.40. The molecular formula is C16H20N2O3. The molecule has 0 aliphatic rings. The molecule has 0 aromatic heterocycles. The van der Waals surface area contributed by atoms with E-state index >= 15 is 0 Å². The van der Waals surface area contributed by atoms with E-state index in [1.54, 1.807) is 24.3 Å². The third kappa shape index (κ3) is 6.09. The highest BCUT2D eigenvalue weighted by Gasteiger charge is 2.19. The number of aliphatic carboxylic acids is 1. The Morgan fingerprint density at radius 3 is 2.67 bits per heavy atom. The number of carboxylic acids is 1. The van der Waals surface area contributed by atoms with Crippen LogP contribution in [0.5, 0.6) is 0 Å². The first-order valence-electron chi connectivity index (χ1n) is 6.84. The quantitative estimate of drug-likeness (QED) is 0.806. The molecule has 0 bridgehead atoms. The van der Waals surface area contributed by atoms with Crippen LogP contribution >= 0.6 is 0 Å². The van der Waals surface area contributed by atoms with Crippen LogP contribution in [0.25, 0.3) is 0 Å². The van der Waals surface area contributed by atoms with Crippen LogP contribution in [0, 0.1) is 16.7 Å². The Balaban J connectivity index is 2.46. The first-order valence-corrected chi connectivity index (χ1v) is 6.84. The molecule has 0 saturated carbocycles. The lowest BCUT2D eigenvalue weighted by Crippen LogP contribution is -2.28. The fourth-order valence-corrected chi connectivity index (χ4v) is 1.92. The average molecular weight is 288 g/mol. The maximum Gasteiger partial charge on any atom is 0.303 e. The van der Waals surface area contributed by atoms with Crippen LogP contribution in [0.4, 0.5) is 0 Å². The molecule has 0 saturated heterocycles. The number of benzene rings is 1. The Labute approximate surface area is 124 Å². The molecule has 0 fully saturated rings. The summed E-state index contributed by atoms with van der Waals surface area (Å²) in [5, 5.41) is 20.3. The summed E-state index contributed by atoms with van der Waals surface area (Å²) in [6, 6.07) is 8.51. The molecule has 1 aromatic carbocycles. The summed E-state index contributed by atoms with van der Waals surface area (Å²) in [4.78, 5) is 22.5. The van der Waals surface area contributed by atoms with E-state index in [0.29, 0.717) is 30.5 Å². The van der Waals surface area contributed by atoms with E-state index in [1.807, 2.05) is 19.9 Å². The van der Waals surface area contributed by atoms with Gasteiger partial charge in [-0.1, -0.05) is 19.9 Å². The number of nitrogens with zero attached hydrogens (tertiary/aromatic N) is 1. The van der Waals surface area contributed by atoms with Crippen LogP contribution in [0.2, 0.25) is 0 Å². The Morgan fingerprint density at radius 2 is 2.05 bits per heavy atom.